The van der Waals surface area contributed by atoms with Gasteiger partial charge in [0.05, 0.1) is 12.1 Å². The first-order valence-electron chi connectivity index (χ1n) is 7.86. The van der Waals surface area contributed by atoms with Crippen molar-refractivity contribution in [1.82, 2.24) is 10.2 Å². The van der Waals surface area contributed by atoms with Gasteiger partial charge in [-0.3, -0.25) is 9.69 Å². The summed E-state index contributed by atoms with van der Waals surface area (Å²) in [6.07, 6.45) is 7.95. The molecule has 1 saturated heterocycles. The van der Waals surface area contributed by atoms with Crippen LogP contribution in [0.4, 0.5) is 0 Å². The number of piperidine rings is 1. The average Bonchev–Trinajstić information content (AvgIpc) is 2.46. The van der Waals surface area contributed by atoms with Crippen molar-refractivity contribution >= 4 is 5.91 Å². The highest BCUT2D eigenvalue weighted by Gasteiger charge is 2.26. The second-order valence-electron chi connectivity index (χ2n) is 6.19. The van der Waals surface area contributed by atoms with Gasteiger partial charge in [0.1, 0.15) is 0 Å². The smallest absolute Gasteiger partial charge is 0.237 e. The second kappa shape index (κ2) is 7.25. The summed E-state index contributed by atoms with van der Waals surface area (Å²) >= 11 is 0. The molecule has 0 aromatic carbocycles. The maximum absolute atomic E-state index is 12.2. The molecule has 19 heavy (non-hydrogen) atoms. The number of carbonyl (C=O) groups excluding carboxylic acids is 1. The molecule has 4 nitrogen and oxygen atoms in total. The third-order valence-corrected chi connectivity index (χ3v) is 4.72. The number of aliphatic hydroxyl groups excluding tert-OH is 1. The van der Waals surface area contributed by atoms with E-state index in [-0.39, 0.29) is 18.1 Å². The molecule has 2 aliphatic rings. The minimum absolute atomic E-state index is 0.0592. The van der Waals surface area contributed by atoms with Crippen LogP contribution in [0.5, 0.6) is 0 Å². The Labute approximate surface area is 116 Å². The van der Waals surface area contributed by atoms with E-state index >= 15 is 0 Å². The lowest BCUT2D eigenvalue weighted by Gasteiger charge is -2.33. The van der Waals surface area contributed by atoms with Gasteiger partial charge in [-0.1, -0.05) is 19.3 Å². The molecule has 2 fully saturated rings. The van der Waals surface area contributed by atoms with Crippen LogP contribution in [0.3, 0.4) is 0 Å². The average molecular weight is 268 g/mol. The van der Waals surface area contributed by atoms with Crippen molar-refractivity contribution in [2.75, 3.05) is 19.6 Å². The van der Waals surface area contributed by atoms with Crippen LogP contribution >= 0.6 is 0 Å². The first kappa shape index (κ1) is 14.8. The zero-order chi connectivity index (χ0) is 13.7. The molecule has 1 atom stereocenters. The first-order valence-corrected chi connectivity index (χ1v) is 7.86. The molecule has 0 bridgehead atoms. The summed E-state index contributed by atoms with van der Waals surface area (Å²) in [6.45, 7) is 4.49. The molecular weight excluding hydrogens is 240 g/mol. The van der Waals surface area contributed by atoms with Gasteiger partial charge in [-0.05, 0) is 38.5 Å². The summed E-state index contributed by atoms with van der Waals surface area (Å²) in [5.41, 5.74) is 0. The molecule has 110 valence electrons. The van der Waals surface area contributed by atoms with Crippen LogP contribution in [-0.4, -0.2) is 47.7 Å². The Kier molecular flexibility index (Phi) is 5.64. The number of hydrogen-bond acceptors (Lipinski definition) is 3. The van der Waals surface area contributed by atoms with Gasteiger partial charge in [0.15, 0.2) is 0 Å². The van der Waals surface area contributed by atoms with Gasteiger partial charge >= 0.3 is 0 Å². The van der Waals surface area contributed by atoms with Gasteiger partial charge in [0.2, 0.25) is 5.91 Å². The normalized spacial score (nSPS) is 25.2. The van der Waals surface area contributed by atoms with Crippen LogP contribution < -0.4 is 5.32 Å². The molecule has 1 heterocycles. The summed E-state index contributed by atoms with van der Waals surface area (Å²) < 4.78 is 0. The van der Waals surface area contributed by atoms with Crippen molar-refractivity contribution in [3.63, 3.8) is 0 Å². The Balaban J connectivity index is 1.69. The lowest BCUT2D eigenvalue weighted by Crippen LogP contribution is -2.49. The highest BCUT2D eigenvalue weighted by atomic mass is 16.3. The fourth-order valence-corrected chi connectivity index (χ4v) is 3.22. The Morgan fingerprint density at radius 2 is 1.84 bits per heavy atom. The second-order valence-corrected chi connectivity index (χ2v) is 6.19. The van der Waals surface area contributed by atoms with Crippen LogP contribution in [0.1, 0.15) is 51.9 Å². The summed E-state index contributed by atoms with van der Waals surface area (Å²) in [5, 5.41) is 12.6. The molecule has 1 saturated carbocycles. The van der Waals surface area contributed by atoms with Crippen LogP contribution in [0.15, 0.2) is 0 Å². The number of likely N-dealkylation sites (tertiary alicyclic amines) is 1. The molecular formula is C15H28N2O2. The quantitative estimate of drug-likeness (QED) is 0.813. The summed E-state index contributed by atoms with van der Waals surface area (Å²) in [4.78, 5) is 14.3. The lowest BCUT2D eigenvalue weighted by molar-refractivity contribution is -0.127. The molecule has 0 aromatic heterocycles. The van der Waals surface area contributed by atoms with Gasteiger partial charge in [0, 0.05) is 19.6 Å². The molecule has 0 radical (unpaired) electrons. The maximum Gasteiger partial charge on any atom is 0.237 e. The minimum Gasteiger partial charge on any atom is -0.393 e. The van der Waals surface area contributed by atoms with Crippen molar-refractivity contribution in [3.05, 3.63) is 0 Å². The molecule has 4 heteroatoms. The van der Waals surface area contributed by atoms with Crippen LogP contribution in [0.25, 0.3) is 0 Å². The number of aliphatic hydroxyl groups is 1. The largest absolute Gasteiger partial charge is 0.393 e. The maximum atomic E-state index is 12.2. The predicted molar refractivity (Wildman–Crippen MR) is 75.9 cm³/mol. The van der Waals surface area contributed by atoms with E-state index in [4.69, 9.17) is 0 Å². The molecule has 1 aliphatic heterocycles. The standard InChI is InChI=1S/C15H28N2O2/c1-12(17-9-7-14(18)8-10-17)15(19)16-11-13-5-3-2-4-6-13/h12-14,18H,2-11H2,1H3,(H,16,19). The van der Waals surface area contributed by atoms with E-state index in [2.05, 4.69) is 10.2 Å². The van der Waals surface area contributed by atoms with E-state index in [1.165, 1.54) is 32.1 Å². The predicted octanol–water partition coefficient (Wildman–Crippen LogP) is 1.53. The summed E-state index contributed by atoms with van der Waals surface area (Å²) in [6, 6.07) is -0.0592. The molecule has 0 aromatic rings. The minimum atomic E-state index is -0.172. The third kappa shape index (κ3) is 4.46. The number of hydrogen-bond donors (Lipinski definition) is 2. The van der Waals surface area contributed by atoms with E-state index in [1.807, 2.05) is 6.92 Å². The SMILES string of the molecule is CC(C(=O)NCC1CCCCC1)N1CCC(O)CC1. The Morgan fingerprint density at radius 1 is 1.21 bits per heavy atom. The van der Waals surface area contributed by atoms with Crippen LogP contribution in [0.2, 0.25) is 0 Å². The molecule has 2 N–H and O–H groups in total. The summed E-state index contributed by atoms with van der Waals surface area (Å²) in [7, 11) is 0. The molecule has 2 rings (SSSR count). The Bertz CT molecular complexity index is 282. The Morgan fingerprint density at radius 3 is 2.47 bits per heavy atom. The highest BCUT2D eigenvalue weighted by molar-refractivity contribution is 5.81. The van der Waals surface area contributed by atoms with Crippen molar-refractivity contribution in [1.29, 1.82) is 0 Å². The fourth-order valence-electron chi connectivity index (χ4n) is 3.22. The lowest BCUT2D eigenvalue weighted by atomic mass is 9.89. The van der Waals surface area contributed by atoms with Crippen molar-refractivity contribution in [2.24, 2.45) is 5.92 Å². The van der Waals surface area contributed by atoms with E-state index in [0.717, 1.165) is 32.5 Å². The summed E-state index contributed by atoms with van der Waals surface area (Å²) in [5.74, 6) is 0.843. The number of carbonyl (C=O) groups is 1. The van der Waals surface area contributed by atoms with E-state index in [1.54, 1.807) is 0 Å². The fraction of sp³-hybridized carbons (Fsp3) is 0.933. The van der Waals surface area contributed by atoms with Crippen molar-refractivity contribution in [3.8, 4) is 0 Å². The number of rotatable bonds is 4. The van der Waals surface area contributed by atoms with Gasteiger partial charge in [0.25, 0.3) is 0 Å². The Hall–Kier alpha value is -0.610. The first-order chi connectivity index (χ1) is 9.16. The highest BCUT2D eigenvalue weighted by Crippen LogP contribution is 2.22. The molecule has 0 spiro atoms. The monoisotopic (exact) mass is 268 g/mol. The molecule has 1 unspecified atom stereocenters. The zero-order valence-electron chi connectivity index (χ0n) is 12.1. The van der Waals surface area contributed by atoms with Gasteiger partial charge in [-0.2, -0.15) is 0 Å². The van der Waals surface area contributed by atoms with Crippen molar-refractivity contribution < 1.29 is 9.90 Å². The van der Waals surface area contributed by atoms with E-state index < -0.39 is 0 Å². The van der Waals surface area contributed by atoms with E-state index in [0.29, 0.717) is 5.92 Å². The van der Waals surface area contributed by atoms with Gasteiger partial charge < -0.3 is 10.4 Å². The van der Waals surface area contributed by atoms with Gasteiger partial charge in [-0.25, -0.2) is 0 Å². The number of amides is 1. The van der Waals surface area contributed by atoms with Gasteiger partial charge in [-0.15, -0.1) is 0 Å². The molecule has 1 aliphatic carbocycles. The third-order valence-electron chi connectivity index (χ3n) is 4.72. The number of nitrogens with zero attached hydrogens (tertiary/aromatic N) is 1. The topological polar surface area (TPSA) is 52.6 Å². The van der Waals surface area contributed by atoms with E-state index in [9.17, 15) is 9.90 Å². The molecule has 1 amide bonds. The zero-order valence-corrected chi connectivity index (χ0v) is 12.1. The van der Waals surface area contributed by atoms with Crippen LogP contribution in [-0.2, 0) is 4.79 Å². The van der Waals surface area contributed by atoms with Crippen LogP contribution in [0, 0.1) is 5.92 Å². The number of nitrogens with one attached hydrogen (secondary N) is 1. The van der Waals surface area contributed by atoms with Crippen molar-refractivity contribution in [2.45, 2.75) is 64.0 Å².